The zero-order valence-corrected chi connectivity index (χ0v) is 12.4. The highest BCUT2D eigenvalue weighted by Crippen LogP contribution is 2.19. The average Bonchev–Trinajstić information content (AvgIpc) is 2.45. The van der Waals surface area contributed by atoms with E-state index in [0.29, 0.717) is 25.2 Å². The van der Waals surface area contributed by atoms with E-state index in [9.17, 15) is 9.59 Å². The summed E-state index contributed by atoms with van der Waals surface area (Å²) in [5.74, 6) is -0.574. The van der Waals surface area contributed by atoms with E-state index in [2.05, 4.69) is 0 Å². The smallest absolute Gasteiger partial charge is 0.338 e. The van der Waals surface area contributed by atoms with Gasteiger partial charge in [-0.1, -0.05) is 19.1 Å². The van der Waals surface area contributed by atoms with Crippen LogP contribution in [0.15, 0.2) is 18.2 Å². The Labute approximate surface area is 120 Å². The van der Waals surface area contributed by atoms with E-state index in [1.807, 2.05) is 19.1 Å². The Morgan fingerprint density at radius 3 is 2.35 bits per heavy atom. The zero-order chi connectivity index (χ0) is 15.0. The Kier molecular flexibility index (Phi) is 6.77. The molecule has 0 saturated carbocycles. The molecule has 0 spiro atoms. The Hall–Kier alpha value is -1.84. The molecule has 4 nitrogen and oxygen atoms in total. The first-order chi connectivity index (χ1) is 9.63. The van der Waals surface area contributed by atoms with E-state index in [-0.39, 0.29) is 18.4 Å². The summed E-state index contributed by atoms with van der Waals surface area (Å²) >= 11 is 0. The highest BCUT2D eigenvalue weighted by atomic mass is 16.5. The minimum Gasteiger partial charge on any atom is -0.466 e. The number of aryl methyl sites for hydroxylation is 1. The molecule has 1 aromatic carbocycles. The number of rotatable bonds is 7. The minimum atomic E-state index is -0.332. The van der Waals surface area contributed by atoms with Crippen LogP contribution in [0.3, 0.4) is 0 Å². The molecule has 0 aromatic heterocycles. The fourth-order valence-electron chi connectivity index (χ4n) is 2.12. The van der Waals surface area contributed by atoms with Gasteiger partial charge in [0.05, 0.1) is 18.8 Å². The van der Waals surface area contributed by atoms with Gasteiger partial charge in [-0.05, 0) is 43.9 Å². The van der Waals surface area contributed by atoms with Gasteiger partial charge in [0.1, 0.15) is 0 Å². The summed E-state index contributed by atoms with van der Waals surface area (Å²) in [6.45, 7) is 6.30. The highest BCUT2D eigenvalue weighted by Gasteiger charge is 2.16. The Morgan fingerprint density at radius 2 is 1.75 bits per heavy atom. The second-order valence-corrected chi connectivity index (χ2v) is 4.32. The lowest BCUT2D eigenvalue weighted by Gasteiger charge is -2.13. The van der Waals surface area contributed by atoms with E-state index in [1.54, 1.807) is 19.9 Å². The number of hydrogen-bond donors (Lipinski definition) is 0. The van der Waals surface area contributed by atoms with E-state index in [4.69, 9.17) is 9.47 Å². The van der Waals surface area contributed by atoms with Crippen molar-refractivity contribution in [3.8, 4) is 0 Å². The molecule has 0 saturated heterocycles. The topological polar surface area (TPSA) is 52.6 Å². The normalized spacial score (nSPS) is 10.2. The van der Waals surface area contributed by atoms with E-state index < -0.39 is 0 Å². The van der Waals surface area contributed by atoms with Crippen LogP contribution in [0.1, 0.15) is 48.7 Å². The van der Waals surface area contributed by atoms with Crippen molar-refractivity contribution in [1.82, 2.24) is 0 Å². The molecule has 0 atom stereocenters. The molecule has 0 heterocycles. The van der Waals surface area contributed by atoms with Crippen molar-refractivity contribution >= 4 is 11.9 Å². The maximum Gasteiger partial charge on any atom is 0.338 e. The van der Waals surface area contributed by atoms with Gasteiger partial charge in [0.2, 0.25) is 0 Å². The quantitative estimate of drug-likeness (QED) is 0.720. The molecule has 4 heteroatoms. The largest absolute Gasteiger partial charge is 0.466 e. The second-order valence-electron chi connectivity index (χ2n) is 4.32. The number of carbonyl (C=O) groups is 2. The molecular weight excluding hydrogens is 256 g/mol. The molecule has 0 aliphatic rings. The first-order valence-corrected chi connectivity index (χ1v) is 7.07. The van der Waals surface area contributed by atoms with Crippen LogP contribution < -0.4 is 0 Å². The first kappa shape index (κ1) is 16.2. The maximum absolute atomic E-state index is 12.0. The van der Waals surface area contributed by atoms with Gasteiger partial charge < -0.3 is 9.47 Å². The molecular formula is C16H22O4. The van der Waals surface area contributed by atoms with Crippen LogP contribution >= 0.6 is 0 Å². The van der Waals surface area contributed by atoms with Crippen LogP contribution in [0.25, 0.3) is 0 Å². The van der Waals surface area contributed by atoms with Gasteiger partial charge in [0, 0.05) is 6.42 Å². The average molecular weight is 278 g/mol. The Bertz CT molecular complexity index is 466. The van der Waals surface area contributed by atoms with Gasteiger partial charge in [-0.3, -0.25) is 4.79 Å². The number of carbonyl (C=O) groups excluding carboxylic acids is 2. The predicted octanol–water partition coefficient (Wildman–Crippen LogP) is 2.92. The Morgan fingerprint density at radius 1 is 1.05 bits per heavy atom. The Balaban J connectivity index is 2.95. The van der Waals surface area contributed by atoms with Gasteiger partial charge in [-0.15, -0.1) is 0 Å². The maximum atomic E-state index is 12.0. The molecule has 1 rings (SSSR count). The van der Waals surface area contributed by atoms with E-state index in [1.165, 1.54) is 0 Å². The molecule has 0 unspecified atom stereocenters. The van der Waals surface area contributed by atoms with Crippen LogP contribution in [-0.4, -0.2) is 25.2 Å². The third-order valence-electron chi connectivity index (χ3n) is 3.03. The summed E-state index contributed by atoms with van der Waals surface area (Å²) in [5.41, 5.74) is 2.51. The zero-order valence-electron chi connectivity index (χ0n) is 12.4. The van der Waals surface area contributed by atoms with Gasteiger partial charge in [0.15, 0.2) is 0 Å². The number of ether oxygens (including phenoxy) is 2. The molecule has 0 aliphatic heterocycles. The van der Waals surface area contributed by atoms with Crippen molar-refractivity contribution in [2.24, 2.45) is 0 Å². The van der Waals surface area contributed by atoms with Gasteiger partial charge in [-0.2, -0.15) is 0 Å². The standard InChI is InChI=1S/C16H22O4/c1-4-12-8-7-9-14(16(18)20-6-3)13(12)10-11-15(17)19-5-2/h7-9H,4-6,10-11H2,1-3H3. The molecule has 0 radical (unpaired) electrons. The predicted molar refractivity (Wildman–Crippen MR) is 76.7 cm³/mol. The molecule has 0 amide bonds. The van der Waals surface area contributed by atoms with Gasteiger partial charge >= 0.3 is 11.9 Å². The minimum absolute atomic E-state index is 0.242. The van der Waals surface area contributed by atoms with Crippen molar-refractivity contribution in [3.05, 3.63) is 34.9 Å². The molecule has 0 N–H and O–H groups in total. The number of hydrogen-bond acceptors (Lipinski definition) is 4. The highest BCUT2D eigenvalue weighted by molar-refractivity contribution is 5.91. The first-order valence-electron chi connectivity index (χ1n) is 7.07. The van der Waals surface area contributed by atoms with Crippen molar-refractivity contribution in [2.75, 3.05) is 13.2 Å². The van der Waals surface area contributed by atoms with E-state index >= 15 is 0 Å². The lowest BCUT2D eigenvalue weighted by molar-refractivity contribution is -0.143. The summed E-state index contributed by atoms with van der Waals surface area (Å²) in [7, 11) is 0. The van der Waals surface area contributed by atoms with Gasteiger partial charge in [0.25, 0.3) is 0 Å². The molecule has 0 aliphatic carbocycles. The third-order valence-corrected chi connectivity index (χ3v) is 3.03. The molecule has 110 valence electrons. The third kappa shape index (κ3) is 4.37. The van der Waals surface area contributed by atoms with Crippen molar-refractivity contribution in [3.63, 3.8) is 0 Å². The second kappa shape index (κ2) is 8.35. The fraction of sp³-hybridized carbons (Fsp3) is 0.500. The summed E-state index contributed by atoms with van der Waals surface area (Å²) in [5, 5.41) is 0. The lowest BCUT2D eigenvalue weighted by Crippen LogP contribution is -2.12. The van der Waals surface area contributed by atoms with Crippen LogP contribution in [0.2, 0.25) is 0 Å². The van der Waals surface area contributed by atoms with E-state index in [0.717, 1.165) is 17.5 Å². The fourth-order valence-corrected chi connectivity index (χ4v) is 2.12. The van der Waals surface area contributed by atoms with Crippen LogP contribution in [0.4, 0.5) is 0 Å². The summed E-state index contributed by atoms with van der Waals surface area (Å²) in [6, 6.07) is 5.57. The van der Waals surface area contributed by atoms with Crippen LogP contribution in [-0.2, 0) is 27.1 Å². The number of esters is 2. The molecule has 0 fully saturated rings. The van der Waals surface area contributed by atoms with Gasteiger partial charge in [-0.25, -0.2) is 4.79 Å². The summed E-state index contributed by atoms with van der Waals surface area (Å²) in [4.78, 5) is 23.5. The van der Waals surface area contributed by atoms with Crippen molar-refractivity contribution in [2.45, 2.75) is 40.0 Å². The lowest BCUT2D eigenvalue weighted by atomic mass is 9.95. The monoisotopic (exact) mass is 278 g/mol. The molecule has 0 bridgehead atoms. The number of benzene rings is 1. The van der Waals surface area contributed by atoms with Crippen molar-refractivity contribution in [1.29, 1.82) is 0 Å². The summed E-state index contributed by atoms with van der Waals surface area (Å²) < 4.78 is 10.00. The van der Waals surface area contributed by atoms with Crippen molar-refractivity contribution < 1.29 is 19.1 Å². The molecule has 20 heavy (non-hydrogen) atoms. The SMILES string of the molecule is CCOC(=O)CCc1c(CC)cccc1C(=O)OCC. The van der Waals surface area contributed by atoms with Crippen LogP contribution in [0.5, 0.6) is 0 Å². The summed E-state index contributed by atoms with van der Waals surface area (Å²) in [6.07, 6.45) is 1.58. The van der Waals surface area contributed by atoms with Crippen LogP contribution in [0, 0.1) is 0 Å². The molecule has 1 aromatic rings.